The number of hydrogen-bond donors (Lipinski definition) is 0. The van der Waals surface area contributed by atoms with Gasteiger partial charge in [0.05, 0.1) is 36.0 Å². The molecule has 1 aromatic carbocycles. The lowest BCUT2D eigenvalue weighted by atomic mass is 9.93. The summed E-state index contributed by atoms with van der Waals surface area (Å²) in [5, 5.41) is 0. The molecule has 5 rings (SSSR count). The standard InChI is InChI=1S/C25H32N6O2/c1-4-24(32)29-11-9-19(10-12-29)21-15-23(30-13-14-33-16-17(30)2)28-25(27-21)31-18(3)26-20-7-5-6-8-22(20)31/h5-8,15,17,19H,4,9-14,16H2,1-3H3/t17-/m1/s1. The van der Waals surface area contributed by atoms with E-state index in [1.807, 2.05) is 36.9 Å². The van der Waals surface area contributed by atoms with Crippen molar-refractivity contribution >= 4 is 22.8 Å². The molecule has 1 atom stereocenters. The molecule has 2 aliphatic rings. The van der Waals surface area contributed by atoms with E-state index >= 15 is 0 Å². The molecule has 4 heterocycles. The van der Waals surface area contributed by atoms with Crippen LogP contribution in [0, 0.1) is 6.92 Å². The average molecular weight is 449 g/mol. The second-order valence-electron chi connectivity index (χ2n) is 9.06. The van der Waals surface area contributed by atoms with E-state index in [2.05, 4.69) is 28.5 Å². The van der Waals surface area contributed by atoms with Gasteiger partial charge in [0.15, 0.2) is 0 Å². The van der Waals surface area contributed by atoms with E-state index in [4.69, 9.17) is 19.7 Å². The summed E-state index contributed by atoms with van der Waals surface area (Å²) in [5.41, 5.74) is 3.00. The number of piperidine rings is 1. The summed E-state index contributed by atoms with van der Waals surface area (Å²) in [6, 6.07) is 10.5. The number of benzene rings is 1. The molecule has 0 bridgehead atoms. The van der Waals surface area contributed by atoms with Crippen LogP contribution >= 0.6 is 0 Å². The maximum atomic E-state index is 12.1. The SMILES string of the molecule is CCC(=O)N1CCC(c2cc(N3CCOC[C@H]3C)nc(-n3c(C)nc4ccccc43)n2)CC1. The van der Waals surface area contributed by atoms with Crippen molar-refractivity contribution in [3.05, 3.63) is 41.9 Å². The van der Waals surface area contributed by atoms with Crippen LogP contribution in [0.2, 0.25) is 0 Å². The van der Waals surface area contributed by atoms with Crippen LogP contribution in [0.25, 0.3) is 17.0 Å². The van der Waals surface area contributed by atoms with E-state index < -0.39 is 0 Å². The second-order valence-corrected chi connectivity index (χ2v) is 9.06. The minimum Gasteiger partial charge on any atom is -0.377 e. The van der Waals surface area contributed by atoms with Crippen LogP contribution in [-0.4, -0.2) is 69.2 Å². The van der Waals surface area contributed by atoms with E-state index in [9.17, 15) is 4.79 Å². The number of amides is 1. The van der Waals surface area contributed by atoms with Gasteiger partial charge >= 0.3 is 0 Å². The Morgan fingerprint density at radius 2 is 1.91 bits per heavy atom. The fraction of sp³-hybridized carbons (Fsp3) is 0.520. The van der Waals surface area contributed by atoms with Crippen molar-refractivity contribution < 1.29 is 9.53 Å². The number of carbonyl (C=O) groups is 1. The van der Waals surface area contributed by atoms with Gasteiger partial charge < -0.3 is 14.5 Å². The number of ether oxygens (including phenoxy) is 1. The number of likely N-dealkylation sites (tertiary alicyclic amines) is 1. The van der Waals surface area contributed by atoms with E-state index in [-0.39, 0.29) is 11.9 Å². The Labute approximate surface area is 194 Å². The average Bonchev–Trinajstić information content (AvgIpc) is 3.19. The molecule has 0 aliphatic carbocycles. The Balaban J connectivity index is 1.56. The lowest BCUT2D eigenvalue weighted by Gasteiger charge is -2.35. The molecular weight excluding hydrogens is 416 g/mol. The highest BCUT2D eigenvalue weighted by molar-refractivity contribution is 5.77. The van der Waals surface area contributed by atoms with Gasteiger partial charge in [-0.1, -0.05) is 19.1 Å². The molecule has 1 amide bonds. The molecule has 8 heteroatoms. The van der Waals surface area contributed by atoms with Crippen molar-refractivity contribution in [1.29, 1.82) is 0 Å². The van der Waals surface area contributed by atoms with Gasteiger partial charge in [0.1, 0.15) is 11.6 Å². The first-order chi connectivity index (χ1) is 16.0. The Hall–Kier alpha value is -3.00. The number of aromatic nitrogens is 4. The molecule has 2 aliphatic heterocycles. The highest BCUT2D eigenvalue weighted by Gasteiger charge is 2.28. The molecule has 0 spiro atoms. The van der Waals surface area contributed by atoms with Gasteiger partial charge in [0.2, 0.25) is 11.9 Å². The molecule has 0 radical (unpaired) electrons. The Morgan fingerprint density at radius 3 is 2.67 bits per heavy atom. The van der Waals surface area contributed by atoms with Gasteiger partial charge in [-0.2, -0.15) is 4.98 Å². The third-order valence-electron chi connectivity index (χ3n) is 6.88. The first-order valence-electron chi connectivity index (χ1n) is 12.0. The number of fused-ring (bicyclic) bond motifs is 1. The smallest absolute Gasteiger partial charge is 0.237 e. The fourth-order valence-corrected chi connectivity index (χ4v) is 5.01. The number of hydrogen-bond acceptors (Lipinski definition) is 6. The van der Waals surface area contributed by atoms with Crippen LogP contribution < -0.4 is 4.90 Å². The van der Waals surface area contributed by atoms with E-state index in [1.54, 1.807) is 0 Å². The summed E-state index contributed by atoms with van der Waals surface area (Å²) in [6.45, 7) is 9.88. The topological polar surface area (TPSA) is 76.4 Å². The van der Waals surface area contributed by atoms with E-state index in [0.29, 0.717) is 31.5 Å². The molecule has 8 nitrogen and oxygen atoms in total. The highest BCUT2D eigenvalue weighted by Crippen LogP contribution is 2.31. The number of imidazole rings is 1. The largest absolute Gasteiger partial charge is 0.377 e. The molecule has 2 saturated heterocycles. The summed E-state index contributed by atoms with van der Waals surface area (Å²) < 4.78 is 7.73. The van der Waals surface area contributed by atoms with Crippen molar-refractivity contribution in [2.24, 2.45) is 0 Å². The van der Waals surface area contributed by atoms with Crippen molar-refractivity contribution in [2.45, 2.75) is 52.0 Å². The van der Waals surface area contributed by atoms with Crippen LogP contribution in [0.3, 0.4) is 0 Å². The summed E-state index contributed by atoms with van der Waals surface area (Å²) in [6.07, 6.45) is 2.41. The minimum absolute atomic E-state index is 0.236. The molecule has 0 unspecified atom stereocenters. The number of rotatable bonds is 4. The summed E-state index contributed by atoms with van der Waals surface area (Å²) >= 11 is 0. The maximum Gasteiger partial charge on any atom is 0.237 e. The number of morpholine rings is 1. The molecule has 33 heavy (non-hydrogen) atoms. The monoisotopic (exact) mass is 448 g/mol. The van der Waals surface area contributed by atoms with Crippen LogP contribution in [0.1, 0.15) is 50.5 Å². The first-order valence-corrected chi connectivity index (χ1v) is 12.0. The van der Waals surface area contributed by atoms with Crippen molar-refractivity contribution in [3.8, 4) is 5.95 Å². The van der Waals surface area contributed by atoms with Crippen LogP contribution in [0.5, 0.6) is 0 Å². The summed E-state index contributed by atoms with van der Waals surface area (Å²) in [5.74, 6) is 3.02. The first kappa shape index (κ1) is 21.8. The van der Waals surface area contributed by atoms with Crippen LogP contribution in [0.4, 0.5) is 5.82 Å². The second kappa shape index (κ2) is 9.09. The van der Waals surface area contributed by atoms with Gasteiger partial charge in [-0.05, 0) is 38.8 Å². The molecule has 0 N–H and O–H groups in total. The van der Waals surface area contributed by atoms with Crippen molar-refractivity contribution in [1.82, 2.24) is 24.4 Å². The highest BCUT2D eigenvalue weighted by atomic mass is 16.5. The zero-order valence-corrected chi connectivity index (χ0v) is 19.7. The predicted octanol–water partition coefficient (Wildman–Crippen LogP) is 3.47. The Bertz CT molecular complexity index is 1150. The molecule has 2 aromatic heterocycles. The van der Waals surface area contributed by atoms with Gasteiger partial charge in [-0.15, -0.1) is 0 Å². The molecule has 0 saturated carbocycles. The zero-order chi connectivity index (χ0) is 22.9. The van der Waals surface area contributed by atoms with Crippen LogP contribution in [0.15, 0.2) is 30.3 Å². The zero-order valence-electron chi connectivity index (χ0n) is 19.7. The molecular formula is C25H32N6O2. The van der Waals surface area contributed by atoms with E-state index in [1.165, 1.54) is 0 Å². The number of para-hydroxylation sites is 2. The Kier molecular flexibility index (Phi) is 6.01. The third-order valence-corrected chi connectivity index (χ3v) is 6.88. The number of nitrogens with zero attached hydrogens (tertiary/aromatic N) is 6. The van der Waals surface area contributed by atoms with Gasteiger partial charge in [0.25, 0.3) is 0 Å². The van der Waals surface area contributed by atoms with Gasteiger partial charge in [-0.3, -0.25) is 9.36 Å². The fourth-order valence-electron chi connectivity index (χ4n) is 5.01. The van der Waals surface area contributed by atoms with Gasteiger partial charge in [0, 0.05) is 38.0 Å². The number of carbonyl (C=O) groups excluding carboxylic acids is 1. The summed E-state index contributed by atoms with van der Waals surface area (Å²) in [7, 11) is 0. The van der Waals surface area contributed by atoms with Crippen molar-refractivity contribution in [3.63, 3.8) is 0 Å². The number of anilines is 1. The molecule has 174 valence electrons. The van der Waals surface area contributed by atoms with Crippen LogP contribution in [-0.2, 0) is 9.53 Å². The summed E-state index contributed by atoms with van der Waals surface area (Å²) in [4.78, 5) is 31.3. The maximum absolute atomic E-state index is 12.1. The minimum atomic E-state index is 0.236. The van der Waals surface area contributed by atoms with E-state index in [0.717, 1.165) is 60.8 Å². The normalized spacial score (nSPS) is 19.9. The third kappa shape index (κ3) is 4.19. The predicted molar refractivity (Wildman–Crippen MR) is 128 cm³/mol. The van der Waals surface area contributed by atoms with Crippen molar-refractivity contribution in [2.75, 3.05) is 37.7 Å². The quantitative estimate of drug-likeness (QED) is 0.608. The lowest BCUT2D eigenvalue weighted by molar-refractivity contribution is -0.131. The Morgan fingerprint density at radius 1 is 1.12 bits per heavy atom. The van der Waals surface area contributed by atoms with Gasteiger partial charge in [-0.25, -0.2) is 9.97 Å². The lowest BCUT2D eigenvalue weighted by Crippen LogP contribution is -2.44. The molecule has 3 aromatic rings. The number of aryl methyl sites for hydroxylation is 1. The molecule has 2 fully saturated rings.